The van der Waals surface area contributed by atoms with Crippen LogP contribution in [0.3, 0.4) is 0 Å². The van der Waals surface area contributed by atoms with Crippen molar-refractivity contribution < 1.29 is 4.74 Å². The number of morpholine rings is 1. The van der Waals surface area contributed by atoms with Gasteiger partial charge in [0.05, 0.1) is 43.7 Å². The van der Waals surface area contributed by atoms with Crippen LogP contribution in [0.15, 0.2) is 24.9 Å². The highest BCUT2D eigenvalue weighted by Crippen LogP contribution is 2.19. The minimum Gasteiger partial charge on any atom is -0.374 e. The fraction of sp³-hybridized carbons (Fsp3) is 0.538. The van der Waals surface area contributed by atoms with Crippen LogP contribution in [0.25, 0.3) is 11.3 Å². The van der Waals surface area contributed by atoms with Gasteiger partial charge in [0.1, 0.15) is 0 Å². The summed E-state index contributed by atoms with van der Waals surface area (Å²) in [6.07, 6.45) is 7.89. The third kappa shape index (κ3) is 2.69. The first-order valence-corrected chi connectivity index (χ1v) is 6.72. The van der Waals surface area contributed by atoms with E-state index in [1.807, 2.05) is 29.6 Å². The molecule has 102 valence electrons. The number of hydrogen-bond acceptors (Lipinski definition) is 4. The molecule has 1 fully saturated rings. The van der Waals surface area contributed by atoms with E-state index in [-0.39, 0.29) is 6.10 Å². The average Bonchev–Trinajstić information content (AvgIpc) is 3.08. The SMILES string of the molecule is CCn1cc(-c2cncn2CC2CNCCO2)cn1. The van der Waals surface area contributed by atoms with Gasteiger partial charge < -0.3 is 14.6 Å². The molecular weight excluding hydrogens is 242 g/mol. The zero-order valence-electron chi connectivity index (χ0n) is 11.1. The second-order valence-corrected chi connectivity index (χ2v) is 4.71. The van der Waals surface area contributed by atoms with Crippen LogP contribution in [0.4, 0.5) is 0 Å². The van der Waals surface area contributed by atoms with Gasteiger partial charge in [0.15, 0.2) is 0 Å². The molecule has 0 saturated carbocycles. The van der Waals surface area contributed by atoms with Gasteiger partial charge in [0, 0.05) is 31.4 Å². The van der Waals surface area contributed by atoms with E-state index in [1.165, 1.54) is 0 Å². The van der Waals surface area contributed by atoms with Crippen LogP contribution in [0, 0.1) is 0 Å². The maximum atomic E-state index is 5.74. The van der Waals surface area contributed by atoms with Crippen LogP contribution >= 0.6 is 0 Å². The molecule has 2 aromatic heterocycles. The van der Waals surface area contributed by atoms with E-state index in [4.69, 9.17) is 4.74 Å². The molecule has 0 spiro atoms. The van der Waals surface area contributed by atoms with Crippen LogP contribution in [-0.2, 0) is 17.8 Å². The Kier molecular flexibility index (Phi) is 3.61. The second kappa shape index (κ2) is 5.54. The smallest absolute Gasteiger partial charge is 0.0951 e. The van der Waals surface area contributed by atoms with E-state index in [0.717, 1.165) is 44.0 Å². The predicted octanol–water partition coefficient (Wildman–Crippen LogP) is 0.755. The lowest BCUT2D eigenvalue weighted by atomic mass is 10.2. The Bertz CT molecular complexity index is 527. The monoisotopic (exact) mass is 261 g/mol. The average molecular weight is 261 g/mol. The van der Waals surface area contributed by atoms with Gasteiger partial charge in [-0.3, -0.25) is 4.68 Å². The summed E-state index contributed by atoms with van der Waals surface area (Å²) in [5.41, 5.74) is 2.19. The van der Waals surface area contributed by atoms with Gasteiger partial charge in [0.2, 0.25) is 0 Å². The summed E-state index contributed by atoms with van der Waals surface area (Å²) >= 11 is 0. The Morgan fingerprint density at radius 1 is 1.47 bits per heavy atom. The Labute approximate surface area is 112 Å². The largest absolute Gasteiger partial charge is 0.374 e. The lowest BCUT2D eigenvalue weighted by molar-refractivity contribution is 0.0184. The van der Waals surface area contributed by atoms with Gasteiger partial charge in [-0.2, -0.15) is 5.10 Å². The van der Waals surface area contributed by atoms with Gasteiger partial charge in [-0.15, -0.1) is 0 Å². The Morgan fingerprint density at radius 3 is 3.16 bits per heavy atom. The van der Waals surface area contributed by atoms with E-state index in [9.17, 15) is 0 Å². The number of imidazole rings is 1. The quantitative estimate of drug-likeness (QED) is 0.882. The van der Waals surface area contributed by atoms with Crippen LogP contribution < -0.4 is 5.32 Å². The molecule has 0 radical (unpaired) electrons. The topological polar surface area (TPSA) is 56.9 Å². The van der Waals surface area contributed by atoms with E-state index in [0.29, 0.717) is 0 Å². The molecular formula is C13H19N5O. The highest BCUT2D eigenvalue weighted by Gasteiger charge is 2.16. The molecule has 0 aliphatic carbocycles. The van der Waals surface area contributed by atoms with E-state index >= 15 is 0 Å². The maximum Gasteiger partial charge on any atom is 0.0951 e. The van der Waals surface area contributed by atoms with E-state index in [1.54, 1.807) is 0 Å². The first-order chi connectivity index (χ1) is 9.36. The van der Waals surface area contributed by atoms with Gasteiger partial charge in [-0.05, 0) is 6.92 Å². The predicted molar refractivity (Wildman–Crippen MR) is 71.7 cm³/mol. The lowest BCUT2D eigenvalue weighted by Gasteiger charge is -2.24. The number of hydrogen-bond donors (Lipinski definition) is 1. The molecule has 1 atom stereocenters. The molecule has 1 aliphatic rings. The molecule has 6 heteroatoms. The molecule has 0 aromatic carbocycles. The Balaban J connectivity index is 1.77. The second-order valence-electron chi connectivity index (χ2n) is 4.71. The Hall–Kier alpha value is -1.66. The molecule has 1 N–H and O–H groups in total. The minimum atomic E-state index is 0.211. The normalized spacial score (nSPS) is 19.7. The summed E-state index contributed by atoms with van der Waals surface area (Å²) in [7, 11) is 0. The minimum absolute atomic E-state index is 0.211. The third-order valence-corrected chi connectivity index (χ3v) is 3.37. The van der Waals surface area contributed by atoms with Gasteiger partial charge in [-0.1, -0.05) is 0 Å². The number of nitrogens with zero attached hydrogens (tertiary/aromatic N) is 4. The fourth-order valence-electron chi connectivity index (χ4n) is 2.33. The standard InChI is InChI=1S/C13H19N5O/c1-2-18-8-11(5-16-18)13-7-15-10-17(13)9-12-6-14-3-4-19-12/h5,7-8,10,12,14H,2-4,6,9H2,1H3. The van der Waals surface area contributed by atoms with Gasteiger partial charge >= 0.3 is 0 Å². The molecule has 2 aromatic rings. The zero-order valence-corrected chi connectivity index (χ0v) is 11.1. The molecule has 1 unspecified atom stereocenters. The fourth-order valence-corrected chi connectivity index (χ4v) is 2.33. The third-order valence-electron chi connectivity index (χ3n) is 3.37. The molecule has 1 saturated heterocycles. The lowest BCUT2D eigenvalue weighted by Crippen LogP contribution is -2.40. The molecule has 6 nitrogen and oxygen atoms in total. The van der Waals surface area contributed by atoms with Gasteiger partial charge in [-0.25, -0.2) is 4.98 Å². The molecule has 0 bridgehead atoms. The number of aromatic nitrogens is 4. The zero-order chi connectivity index (χ0) is 13.1. The van der Waals surface area contributed by atoms with Crippen LogP contribution in [-0.4, -0.2) is 45.1 Å². The number of nitrogens with one attached hydrogen (secondary N) is 1. The van der Waals surface area contributed by atoms with Crippen molar-refractivity contribution in [3.63, 3.8) is 0 Å². The molecule has 0 amide bonds. The first kappa shape index (κ1) is 12.4. The molecule has 19 heavy (non-hydrogen) atoms. The molecule has 1 aliphatic heterocycles. The van der Waals surface area contributed by atoms with Crippen molar-refractivity contribution in [3.05, 3.63) is 24.9 Å². The van der Waals surface area contributed by atoms with Crippen molar-refractivity contribution in [2.75, 3.05) is 19.7 Å². The number of ether oxygens (including phenoxy) is 1. The summed E-state index contributed by atoms with van der Waals surface area (Å²) in [6, 6.07) is 0. The van der Waals surface area contributed by atoms with Crippen LogP contribution in [0.1, 0.15) is 6.92 Å². The van der Waals surface area contributed by atoms with Crippen molar-refractivity contribution in [3.8, 4) is 11.3 Å². The summed E-state index contributed by atoms with van der Waals surface area (Å²) < 4.78 is 9.79. The number of aryl methyl sites for hydroxylation is 1. The summed E-state index contributed by atoms with van der Waals surface area (Å²) in [4.78, 5) is 4.25. The summed E-state index contributed by atoms with van der Waals surface area (Å²) in [5, 5.41) is 7.66. The van der Waals surface area contributed by atoms with Crippen molar-refractivity contribution in [2.24, 2.45) is 0 Å². The number of rotatable bonds is 4. The van der Waals surface area contributed by atoms with Crippen LogP contribution in [0.2, 0.25) is 0 Å². The van der Waals surface area contributed by atoms with E-state index < -0.39 is 0 Å². The van der Waals surface area contributed by atoms with E-state index in [2.05, 4.69) is 26.9 Å². The van der Waals surface area contributed by atoms with Gasteiger partial charge in [0.25, 0.3) is 0 Å². The highest BCUT2D eigenvalue weighted by atomic mass is 16.5. The Morgan fingerprint density at radius 2 is 2.42 bits per heavy atom. The van der Waals surface area contributed by atoms with Crippen LogP contribution in [0.5, 0.6) is 0 Å². The molecule has 3 rings (SSSR count). The van der Waals surface area contributed by atoms with Crippen molar-refractivity contribution in [2.45, 2.75) is 26.1 Å². The summed E-state index contributed by atoms with van der Waals surface area (Å²) in [5.74, 6) is 0. The highest BCUT2D eigenvalue weighted by molar-refractivity contribution is 5.56. The summed E-state index contributed by atoms with van der Waals surface area (Å²) in [6.45, 7) is 6.39. The van der Waals surface area contributed by atoms with Crippen molar-refractivity contribution in [1.82, 2.24) is 24.6 Å². The first-order valence-electron chi connectivity index (χ1n) is 6.72. The van der Waals surface area contributed by atoms with Crippen molar-refractivity contribution in [1.29, 1.82) is 0 Å². The molecule has 3 heterocycles. The maximum absolute atomic E-state index is 5.74. The van der Waals surface area contributed by atoms with Crippen molar-refractivity contribution >= 4 is 0 Å².